The van der Waals surface area contributed by atoms with Crippen LogP contribution in [-0.4, -0.2) is 24.2 Å². The second-order valence-corrected chi connectivity index (χ2v) is 6.13. The van der Waals surface area contributed by atoms with Gasteiger partial charge in [-0.05, 0) is 37.3 Å². The zero-order valence-electron chi connectivity index (χ0n) is 11.0. The lowest BCUT2D eigenvalue weighted by molar-refractivity contribution is 0.494. The average Bonchev–Trinajstić information content (AvgIpc) is 2.91. The number of hydrazine groups is 1. The molecule has 0 aliphatic rings. The van der Waals surface area contributed by atoms with Gasteiger partial charge in [0, 0.05) is 24.1 Å². The first-order chi connectivity index (χ1) is 9.51. The molecule has 1 unspecified atom stereocenters. The van der Waals surface area contributed by atoms with Crippen LogP contribution in [0.1, 0.15) is 6.92 Å². The van der Waals surface area contributed by atoms with Gasteiger partial charge in [-0.2, -0.15) is 5.10 Å². The molecule has 0 spiro atoms. The van der Waals surface area contributed by atoms with Crippen molar-refractivity contribution < 1.29 is 8.42 Å². The van der Waals surface area contributed by atoms with Crippen LogP contribution < -0.4 is 16.0 Å². The number of hydrogen-bond acceptors (Lipinski definition) is 5. The van der Waals surface area contributed by atoms with Crippen molar-refractivity contribution in [1.82, 2.24) is 14.5 Å². The van der Waals surface area contributed by atoms with E-state index in [0.717, 1.165) is 0 Å². The Morgan fingerprint density at radius 1 is 1.35 bits per heavy atom. The molecule has 0 aliphatic heterocycles. The SMILES string of the molecule is CC(Cn1cccn1)NS(=O)(=O)c1ccc(NN)cc1. The molecule has 1 aromatic carbocycles. The molecule has 0 aliphatic carbocycles. The highest BCUT2D eigenvalue weighted by molar-refractivity contribution is 7.89. The number of nitrogen functional groups attached to an aromatic ring is 1. The van der Waals surface area contributed by atoms with Crippen LogP contribution in [0.2, 0.25) is 0 Å². The Morgan fingerprint density at radius 3 is 2.60 bits per heavy atom. The summed E-state index contributed by atoms with van der Waals surface area (Å²) in [7, 11) is -3.55. The van der Waals surface area contributed by atoms with E-state index in [2.05, 4.69) is 15.2 Å². The number of aromatic nitrogens is 2. The molecule has 1 heterocycles. The lowest BCUT2D eigenvalue weighted by atomic mass is 10.3. The van der Waals surface area contributed by atoms with Crippen LogP contribution in [0.5, 0.6) is 0 Å². The van der Waals surface area contributed by atoms with Gasteiger partial charge in [0.15, 0.2) is 0 Å². The summed E-state index contributed by atoms with van der Waals surface area (Å²) in [6.07, 6.45) is 3.44. The first-order valence-electron chi connectivity index (χ1n) is 6.08. The Bertz CT molecular complexity index is 637. The fourth-order valence-corrected chi connectivity index (χ4v) is 3.02. The zero-order chi connectivity index (χ0) is 14.6. The third-order valence-electron chi connectivity index (χ3n) is 2.71. The standard InChI is InChI=1S/C12H17N5O2S/c1-10(9-17-8-2-7-14-17)16-20(18,19)12-5-3-11(15-13)4-6-12/h2-8,10,15-16H,9,13H2,1H3. The summed E-state index contributed by atoms with van der Waals surface area (Å²) in [6, 6.07) is 7.72. The van der Waals surface area contributed by atoms with E-state index >= 15 is 0 Å². The van der Waals surface area contributed by atoms with Crippen molar-refractivity contribution in [2.24, 2.45) is 5.84 Å². The van der Waals surface area contributed by atoms with Gasteiger partial charge in [-0.15, -0.1) is 0 Å². The van der Waals surface area contributed by atoms with Crippen LogP contribution in [0.25, 0.3) is 0 Å². The van der Waals surface area contributed by atoms with Gasteiger partial charge in [-0.3, -0.25) is 10.5 Å². The predicted molar refractivity (Wildman–Crippen MR) is 76.3 cm³/mol. The van der Waals surface area contributed by atoms with E-state index in [0.29, 0.717) is 12.2 Å². The van der Waals surface area contributed by atoms with Crippen LogP contribution in [-0.2, 0) is 16.6 Å². The van der Waals surface area contributed by atoms with Crippen molar-refractivity contribution in [3.8, 4) is 0 Å². The third-order valence-corrected chi connectivity index (χ3v) is 4.31. The van der Waals surface area contributed by atoms with Gasteiger partial charge in [0.2, 0.25) is 10.0 Å². The van der Waals surface area contributed by atoms with Gasteiger partial charge in [0.25, 0.3) is 0 Å². The lowest BCUT2D eigenvalue weighted by Crippen LogP contribution is -2.35. The summed E-state index contributed by atoms with van der Waals surface area (Å²) in [5, 5.41) is 4.04. The molecule has 0 bridgehead atoms. The van der Waals surface area contributed by atoms with Gasteiger partial charge in [0.1, 0.15) is 0 Å². The van der Waals surface area contributed by atoms with E-state index in [1.165, 1.54) is 12.1 Å². The molecule has 4 N–H and O–H groups in total. The maximum atomic E-state index is 12.2. The van der Waals surface area contributed by atoms with E-state index in [1.54, 1.807) is 42.2 Å². The Labute approximate surface area is 117 Å². The number of anilines is 1. The molecule has 8 heteroatoms. The predicted octanol–water partition coefficient (Wildman–Crippen LogP) is 0.536. The molecule has 1 atom stereocenters. The van der Waals surface area contributed by atoms with E-state index in [1.807, 2.05) is 0 Å². The van der Waals surface area contributed by atoms with Gasteiger partial charge >= 0.3 is 0 Å². The summed E-state index contributed by atoms with van der Waals surface area (Å²) >= 11 is 0. The van der Waals surface area contributed by atoms with Crippen LogP contribution in [0.4, 0.5) is 5.69 Å². The summed E-state index contributed by atoms with van der Waals surface area (Å²) in [6.45, 7) is 2.25. The van der Waals surface area contributed by atoms with Crippen LogP contribution >= 0.6 is 0 Å². The highest BCUT2D eigenvalue weighted by Gasteiger charge is 2.17. The maximum absolute atomic E-state index is 12.2. The monoisotopic (exact) mass is 295 g/mol. The summed E-state index contributed by atoms with van der Waals surface area (Å²) in [5.41, 5.74) is 3.10. The minimum Gasteiger partial charge on any atom is -0.324 e. The van der Waals surface area contributed by atoms with Gasteiger partial charge in [0.05, 0.1) is 11.4 Å². The quantitative estimate of drug-likeness (QED) is 0.533. The highest BCUT2D eigenvalue weighted by Crippen LogP contribution is 2.13. The molecule has 2 rings (SSSR count). The van der Waals surface area contributed by atoms with Gasteiger partial charge in [-0.1, -0.05) is 0 Å². The van der Waals surface area contributed by atoms with Crippen molar-refractivity contribution in [3.05, 3.63) is 42.7 Å². The fraction of sp³-hybridized carbons (Fsp3) is 0.250. The first-order valence-corrected chi connectivity index (χ1v) is 7.56. The Hall–Kier alpha value is -1.90. The number of sulfonamides is 1. The Morgan fingerprint density at radius 2 is 2.05 bits per heavy atom. The second-order valence-electron chi connectivity index (χ2n) is 4.42. The van der Waals surface area contributed by atoms with Crippen LogP contribution in [0.15, 0.2) is 47.6 Å². The molecule has 20 heavy (non-hydrogen) atoms. The molecular weight excluding hydrogens is 278 g/mol. The largest absolute Gasteiger partial charge is 0.324 e. The smallest absolute Gasteiger partial charge is 0.240 e. The molecule has 2 aromatic rings. The first kappa shape index (κ1) is 14.5. The highest BCUT2D eigenvalue weighted by atomic mass is 32.2. The molecule has 0 saturated carbocycles. The number of nitrogens with one attached hydrogen (secondary N) is 2. The van der Waals surface area contributed by atoms with Crippen LogP contribution in [0, 0.1) is 0 Å². The van der Waals surface area contributed by atoms with E-state index in [9.17, 15) is 8.42 Å². The molecule has 108 valence electrons. The van der Waals surface area contributed by atoms with Crippen molar-refractivity contribution in [2.45, 2.75) is 24.4 Å². The third kappa shape index (κ3) is 3.56. The van der Waals surface area contributed by atoms with Crippen molar-refractivity contribution in [3.63, 3.8) is 0 Å². The Kier molecular flexibility index (Phi) is 4.38. The topological polar surface area (TPSA) is 102 Å². The molecule has 1 aromatic heterocycles. The molecule has 7 nitrogen and oxygen atoms in total. The molecule has 0 saturated heterocycles. The van der Waals surface area contributed by atoms with E-state index < -0.39 is 10.0 Å². The van der Waals surface area contributed by atoms with Gasteiger partial charge < -0.3 is 5.43 Å². The minimum absolute atomic E-state index is 0.198. The number of hydrogen-bond donors (Lipinski definition) is 3. The normalized spacial score (nSPS) is 13.1. The van der Waals surface area contributed by atoms with Crippen molar-refractivity contribution >= 4 is 15.7 Å². The summed E-state index contributed by atoms with van der Waals surface area (Å²) in [5.74, 6) is 5.24. The van der Waals surface area contributed by atoms with E-state index in [-0.39, 0.29) is 10.9 Å². The number of rotatable bonds is 6. The van der Waals surface area contributed by atoms with Gasteiger partial charge in [-0.25, -0.2) is 13.1 Å². The average molecular weight is 295 g/mol. The fourth-order valence-electron chi connectivity index (χ4n) is 1.79. The summed E-state index contributed by atoms with van der Waals surface area (Å²) < 4.78 is 28.6. The maximum Gasteiger partial charge on any atom is 0.240 e. The number of nitrogens with zero attached hydrogens (tertiary/aromatic N) is 2. The second kappa shape index (κ2) is 6.04. The molecule has 0 amide bonds. The molecule has 0 fully saturated rings. The van der Waals surface area contributed by atoms with Crippen molar-refractivity contribution in [2.75, 3.05) is 5.43 Å². The lowest BCUT2D eigenvalue weighted by Gasteiger charge is -2.14. The minimum atomic E-state index is -3.55. The molecule has 0 radical (unpaired) electrons. The Balaban J connectivity index is 2.05. The molecular formula is C12H17N5O2S. The number of benzene rings is 1. The van der Waals surface area contributed by atoms with Crippen LogP contribution in [0.3, 0.4) is 0 Å². The zero-order valence-corrected chi connectivity index (χ0v) is 11.8. The van der Waals surface area contributed by atoms with E-state index in [4.69, 9.17) is 5.84 Å². The number of nitrogens with two attached hydrogens (primary N) is 1. The summed E-state index contributed by atoms with van der Waals surface area (Å²) in [4.78, 5) is 0.198. The van der Waals surface area contributed by atoms with Crippen molar-refractivity contribution in [1.29, 1.82) is 0 Å².